The zero-order valence-electron chi connectivity index (χ0n) is 10.2. The fourth-order valence-corrected chi connectivity index (χ4v) is 1.67. The molecule has 1 aromatic heterocycles. The Labute approximate surface area is 110 Å². The highest BCUT2D eigenvalue weighted by atomic mass is 35.5. The number of nitrogens with zero attached hydrogens (tertiary/aromatic N) is 2. The molecule has 0 aliphatic rings. The molecule has 0 aliphatic heterocycles. The predicted molar refractivity (Wildman–Crippen MR) is 68.7 cm³/mol. The van der Waals surface area contributed by atoms with E-state index in [-0.39, 0.29) is 0 Å². The smallest absolute Gasteiger partial charge is 0.251 e. The fourth-order valence-electron chi connectivity index (χ4n) is 1.51. The molecule has 0 saturated carbocycles. The zero-order valence-corrected chi connectivity index (χ0v) is 11.0. The Kier molecular flexibility index (Phi) is 4.17. The van der Waals surface area contributed by atoms with Crippen molar-refractivity contribution in [3.05, 3.63) is 29.1 Å². The lowest BCUT2D eigenvalue weighted by Crippen LogP contribution is -2.11. The van der Waals surface area contributed by atoms with E-state index in [0.29, 0.717) is 29.1 Å². The molecule has 1 N–H and O–H groups in total. The van der Waals surface area contributed by atoms with Crippen molar-refractivity contribution in [1.82, 2.24) is 15.5 Å². The summed E-state index contributed by atoms with van der Waals surface area (Å²) < 4.78 is 10.8. The Balaban J connectivity index is 2.28. The van der Waals surface area contributed by atoms with Gasteiger partial charge < -0.3 is 14.5 Å². The van der Waals surface area contributed by atoms with E-state index >= 15 is 0 Å². The van der Waals surface area contributed by atoms with Gasteiger partial charge in [-0.15, -0.1) is 10.2 Å². The number of ether oxygens (including phenoxy) is 1. The maximum atomic E-state index is 5.90. The van der Waals surface area contributed by atoms with E-state index in [0.717, 1.165) is 12.1 Å². The average Bonchev–Trinajstić information content (AvgIpc) is 2.84. The SMILES string of the molecule is CCNCc1nnc(-c2ccc(Cl)cc2OC)o1. The minimum absolute atomic E-state index is 0.427. The van der Waals surface area contributed by atoms with Gasteiger partial charge in [-0.05, 0) is 24.7 Å². The second-order valence-corrected chi connectivity index (χ2v) is 4.06. The summed E-state index contributed by atoms with van der Waals surface area (Å²) in [5.74, 6) is 1.58. The largest absolute Gasteiger partial charge is 0.496 e. The first-order valence-electron chi connectivity index (χ1n) is 5.61. The van der Waals surface area contributed by atoms with Crippen LogP contribution in [0.15, 0.2) is 22.6 Å². The Hall–Kier alpha value is -1.59. The van der Waals surface area contributed by atoms with Crippen molar-refractivity contribution in [2.75, 3.05) is 13.7 Å². The predicted octanol–water partition coefficient (Wildman–Crippen LogP) is 2.51. The Morgan fingerprint density at radius 2 is 2.22 bits per heavy atom. The Morgan fingerprint density at radius 1 is 1.39 bits per heavy atom. The van der Waals surface area contributed by atoms with E-state index in [4.69, 9.17) is 20.8 Å². The number of aromatic nitrogens is 2. The highest BCUT2D eigenvalue weighted by molar-refractivity contribution is 6.30. The molecular formula is C12H14ClN3O2. The molecule has 0 atom stereocenters. The van der Waals surface area contributed by atoms with Gasteiger partial charge in [-0.1, -0.05) is 18.5 Å². The molecule has 0 amide bonds. The fraction of sp³-hybridized carbons (Fsp3) is 0.333. The average molecular weight is 268 g/mol. The normalized spacial score (nSPS) is 10.6. The molecule has 2 rings (SSSR count). The van der Waals surface area contributed by atoms with Crippen molar-refractivity contribution in [2.45, 2.75) is 13.5 Å². The lowest BCUT2D eigenvalue weighted by molar-refractivity contribution is 0.413. The van der Waals surface area contributed by atoms with E-state index in [9.17, 15) is 0 Å². The maximum Gasteiger partial charge on any atom is 0.251 e. The second kappa shape index (κ2) is 5.84. The standard InChI is InChI=1S/C12H14ClN3O2/c1-3-14-7-11-15-16-12(18-11)9-5-4-8(13)6-10(9)17-2/h4-6,14H,3,7H2,1-2H3. The van der Waals surface area contributed by atoms with Crippen LogP contribution in [0.2, 0.25) is 5.02 Å². The van der Waals surface area contributed by atoms with Gasteiger partial charge in [0.15, 0.2) is 0 Å². The van der Waals surface area contributed by atoms with E-state index in [1.807, 2.05) is 6.92 Å². The van der Waals surface area contributed by atoms with Crippen LogP contribution in [-0.2, 0) is 6.54 Å². The zero-order chi connectivity index (χ0) is 13.0. The topological polar surface area (TPSA) is 60.2 Å². The van der Waals surface area contributed by atoms with Crippen LogP contribution in [0.5, 0.6) is 5.75 Å². The van der Waals surface area contributed by atoms with Crippen molar-refractivity contribution in [1.29, 1.82) is 0 Å². The monoisotopic (exact) mass is 267 g/mol. The lowest BCUT2D eigenvalue weighted by Gasteiger charge is -2.04. The number of hydrogen-bond acceptors (Lipinski definition) is 5. The molecule has 0 unspecified atom stereocenters. The van der Waals surface area contributed by atoms with Crippen LogP contribution >= 0.6 is 11.6 Å². The van der Waals surface area contributed by atoms with Gasteiger partial charge in [0.2, 0.25) is 5.89 Å². The van der Waals surface area contributed by atoms with Crippen molar-refractivity contribution in [3.63, 3.8) is 0 Å². The molecular weight excluding hydrogens is 254 g/mol. The van der Waals surface area contributed by atoms with Gasteiger partial charge in [0.05, 0.1) is 19.2 Å². The minimum atomic E-state index is 0.427. The quantitative estimate of drug-likeness (QED) is 0.902. The number of rotatable bonds is 5. The summed E-state index contributed by atoms with van der Waals surface area (Å²) in [6.45, 7) is 3.42. The van der Waals surface area contributed by atoms with Gasteiger partial charge in [0.1, 0.15) is 5.75 Å². The molecule has 1 aromatic carbocycles. The van der Waals surface area contributed by atoms with Gasteiger partial charge in [0.25, 0.3) is 5.89 Å². The molecule has 0 fully saturated rings. The van der Waals surface area contributed by atoms with Crippen molar-refractivity contribution >= 4 is 11.6 Å². The summed E-state index contributed by atoms with van der Waals surface area (Å²) in [5, 5.41) is 11.7. The Morgan fingerprint density at radius 3 is 2.94 bits per heavy atom. The van der Waals surface area contributed by atoms with Crippen LogP contribution in [0.4, 0.5) is 0 Å². The van der Waals surface area contributed by atoms with Crippen LogP contribution in [0, 0.1) is 0 Å². The van der Waals surface area contributed by atoms with Gasteiger partial charge in [-0.3, -0.25) is 0 Å². The van der Waals surface area contributed by atoms with Gasteiger partial charge >= 0.3 is 0 Å². The minimum Gasteiger partial charge on any atom is -0.496 e. The molecule has 18 heavy (non-hydrogen) atoms. The van der Waals surface area contributed by atoms with E-state index in [2.05, 4.69) is 15.5 Å². The molecule has 0 saturated heterocycles. The molecule has 96 valence electrons. The summed E-state index contributed by atoms with van der Waals surface area (Å²) in [5.41, 5.74) is 0.733. The molecule has 2 aromatic rings. The van der Waals surface area contributed by atoms with Crippen molar-refractivity contribution in [2.24, 2.45) is 0 Å². The molecule has 5 nitrogen and oxygen atoms in total. The van der Waals surface area contributed by atoms with Crippen molar-refractivity contribution < 1.29 is 9.15 Å². The summed E-state index contributed by atoms with van der Waals surface area (Å²) in [6.07, 6.45) is 0. The summed E-state index contributed by atoms with van der Waals surface area (Å²) in [6, 6.07) is 5.27. The summed E-state index contributed by atoms with van der Waals surface area (Å²) in [7, 11) is 1.57. The van der Waals surface area contributed by atoms with Crippen molar-refractivity contribution in [3.8, 4) is 17.2 Å². The van der Waals surface area contributed by atoms with Crippen LogP contribution in [0.3, 0.4) is 0 Å². The molecule has 0 bridgehead atoms. The van der Waals surface area contributed by atoms with Crippen LogP contribution in [-0.4, -0.2) is 23.9 Å². The Bertz CT molecular complexity index is 528. The van der Waals surface area contributed by atoms with Gasteiger partial charge in [-0.2, -0.15) is 0 Å². The van der Waals surface area contributed by atoms with Crippen LogP contribution in [0.25, 0.3) is 11.5 Å². The number of benzene rings is 1. The second-order valence-electron chi connectivity index (χ2n) is 3.63. The first kappa shape index (κ1) is 12.9. The number of methoxy groups -OCH3 is 1. The lowest BCUT2D eigenvalue weighted by atomic mass is 10.2. The molecule has 1 heterocycles. The third kappa shape index (κ3) is 2.80. The number of halogens is 1. The third-order valence-corrected chi connectivity index (χ3v) is 2.62. The maximum absolute atomic E-state index is 5.90. The molecule has 0 spiro atoms. The first-order chi connectivity index (χ1) is 8.74. The van der Waals surface area contributed by atoms with Crippen LogP contribution in [0.1, 0.15) is 12.8 Å². The molecule has 6 heteroatoms. The van der Waals surface area contributed by atoms with Gasteiger partial charge in [-0.25, -0.2) is 0 Å². The van der Waals surface area contributed by atoms with Gasteiger partial charge in [0, 0.05) is 5.02 Å². The van der Waals surface area contributed by atoms with E-state index in [1.165, 1.54) is 0 Å². The molecule has 0 radical (unpaired) electrons. The van der Waals surface area contributed by atoms with E-state index in [1.54, 1.807) is 25.3 Å². The third-order valence-electron chi connectivity index (χ3n) is 2.39. The van der Waals surface area contributed by atoms with E-state index < -0.39 is 0 Å². The number of hydrogen-bond donors (Lipinski definition) is 1. The molecule has 0 aliphatic carbocycles. The summed E-state index contributed by atoms with van der Waals surface area (Å²) >= 11 is 5.90. The highest BCUT2D eigenvalue weighted by Gasteiger charge is 2.13. The summed E-state index contributed by atoms with van der Waals surface area (Å²) in [4.78, 5) is 0. The highest BCUT2D eigenvalue weighted by Crippen LogP contribution is 2.31. The van der Waals surface area contributed by atoms with Crippen LogP contribution < -0.4 is 10.1 Å². The first-order valence-corrected chi connectivity index (χ1v) is 5.99. The number of nitrogens with one attached hydrogen (secondary N) is 1.